The second-order valence-corrected chi connectivity index (χ2v) is 9.42. The van der Waals surface area contributed by atoms with Gasteiger partial charge in [0.25, 0.3) is 10.0 Å². The Hall–Kier alpha value is -2.24. The maximum atomic E-state index is 12.2. The first-order valence-corrected chi connectivity index (χ1v) is 10.3. The Labute approximate surface area is 162 Å². The highest BCUT2D eigenvalue weighted by molar-refractivity contribution is 7.91. The van der Waals surface area contributed by atoms with E-state index in [9.17, 15) is 13.2 Å². The van der Waals surface area contributed by atoms with E-state index in [2.05, 4.69) is 20.2 Å². The summed E-state index contributed by atoms with van der Waals surface area (Å²) < 4.78 is 37.1. The molecule has 27 heavy (non-hydrogen) atoms. The maximum absolute atomic E-state index is 12.2. The summed E-state index contributed by atoms with van der Waals surface area (Å²) in [5.41, 5.74) is -0.623. The molecule has 0 radical (unpaired) electrons. The van der Waals surface area contributed by atoms with E-state index in [1.54, 1.807) is 52.1 Å². The third-order valence-corrected chi connectivity index (χ3v) is 5.93. The van der Waals surface area contributed by atoms with Crippen molar-refractivity contribution in [1.29, 1.82) is 0 Å². The summed E-state index contributed by atoms with van der Waals surface area (Å²) in [7, 11) is -2.26. The number of nitrogens with zero attached hydrogens (tertiary/aromatic N) is 2. The topological polar surface area (TPSA) is 120 Å². The van der Waals surface area contributed by atoms with Gasteiger partial charge in [-0.05, 0) is 24.3 Å². The summed E-state index contributed by atoms with van der Waals surface area (Å²) in [4.78, 5) is 11.9. The van der Waals surface area contributed by atoms with Crippen LogP contribution in [0.3, 0.4) is 0 Å². The first-order chi connectivity index (χ1) is 12.6. The number of carbonyl (C=O) groups is 1. The summed E-state index contributed by atoms with van der Waals surface area (Å²) in [6.07, 6.45) is 0. The highest BCUT2D eigenvalue weighted by Crippen LogP contribution is 2.23. The van der Waals surface area contributed by atoms with Crippen LogP contribution < -0.4 is 19.5 Å². The number of amides is 1. The second kappa shape index (κ2) is 8.63. The zero-order chi connectivity index (χ0) is 20.1. The Morgan fingerprint density at radius 3 is 2.37 bits per heavy atom. The van der Waals surface area contributed by atoms with Crippen molar-refractivity contribution in [2.24, 2.45) is 5.41 Å². The number of ether oxygens (including phenoxy) is 2. The van der Waals surface area contributed by atoms with E-state index < -0.39 is 15.4 Å². The van der Waals surface area contributed by atoms with E-state index >= 15 is 0 Å². The Kier molecular flexibility index (Phi) is 6.73. The number of rotatable bonds is 8. The molecule has 0 saturated carbocycles. The van der Waals surface area contributed by atoms with Crippen molar-refractivity contribution in [2.45, 2.75) is 25.1 Å². The van der Waals surface area contributed by atoms with Gasteiger partial charge in [0.1, 0.15) is 18.1 Å². The lowest BCUT2D eigenvalue weighted by molar-refractivity contribution is -0.123. The van der Waals surface area contributed by atoms with E-state index in [1.165, 1.54) is 0 Å². The van der Waals surface area contributed by atoms with Crippen LogP contribution in [0.4, 0.5) is 5.13 Å². The van der Waals surface area contributed by atoms with Gasteiger partial charge in [-0.3, -0.25) is 4.79 Å². The number of sulfonamides is 1. The van der Waals surface area contributed by atoms with Crippen LogP contribution in [0.5, 0.6) is 11.5 Å². The van der Waals surface area contributed by atoms with Crippen molar-refractivity contribution in [3.05, 3.63) is 24.3 Å². The average Bonchev–Trinajstić information content (AvgIpc) is 3.08. The van der Waals surface area contributed by atoms with Crippen LogP contribution in [0.15, 0.2) is 28.6 Å². The Bertz CT molecular complexity index is 873. The molecule has 1 aromatic carbocycles. The number of hydrogen-bond donors (Lipinski definition) is 2. The molecule has 9 nitrogen and oxygen atoms in total. The van der Waals surface area contributed by atoms with E-state index in [0.717, 1.165) is 11.3 Å². The normalized spacial score (nSPS) is 11.9. The predicted molar refractivity (Wildman–Crippen MR) is 102 cm³/mol. The number of aromatic nitrogens is 2. The molecule has 1 aromatic heterocycles. The van der Waals surface area contributed by atoms with Crippen LogP contribution in [0.2, 0.25) is 0 Å². The summed E-state index contributed by atoms with van der Waals surface area (Å²) >= 11 is 0.783. The molecule has 0 aliphatic carbocycles. The maximum Gasteiger partial charge on any atom is 0.269 e. The molecule has 0 saturated heterocycles. The predicted octanol–water partition coefficient (Wildman–Crippen LogP) is 1.89. The quantitative estimate of drug-likeness (QED) is 0.500. The molecule has 11 heteroatoms. The van der Waals surface area contributed by atoms with Gasteiger partial charge in [-0.2, -0.15) is 0 Å². The standard InChI is InChI=1S/C16H22N4O5S2/c1-16(2,3)13(21)18-14-19-20-15(26-14)27(22,23)17-9-10-25-12-7-5-11(24-4)6-8-12/h5-8,17H,9-10H2,1-4H3,(H,18,19,21). The number of benzene rings is 1. The minimum absolute atomic E-state index is 0.0532. The molecular formula is C16H22N4O5S2. The van der Waals surface area contributed by atoms with E-state index in [-0.39, 0.29) is 28.5 Å². The smallest absolute Gasteiger partial charge is 0.269 e. The third-order valence-electron chi connectivity index (χ3n) is 3.26. The van der Waals surface area contributed by atoms with E-state index in [1.807, 2.05) is 0 Å². The Balaban J connectivity index is 1.86. The van der Waals surface area contributed by atoms with Crippen molar-refractivity contribution in [3.8, 4) is 11.5 Å². The molecule has 0 bridgehead atoms. The SMILES string of the molecule is COc1ccc(OCCNS(=O)(=O)c2nnc(NC(=O)C(C)(C)C)s2)cc1. The van der Waals surface area contributed by atoms with Crippen LogP contribution in [-0.2, 0) is 14.8 Å². The molecule has 2 N–H and O–H groups in total. The first kappa shape index (κ1) is 21.1. The van der Waals surface area contributed by atoms with Crippen LogP contribution >= 0.6 is 11.3 Å². The minimum Gasteiger partial charge on any atom is -0.497 e. The summed E-state index contributed by atoms with van der Waals surface area (Å²) in [6.45, 7) is 5.41. The molecule has 1 amide bonds. The van der Waals surface area contributed by atoms with Crippen molar-refractivity contribution in [2.75, 3.05) is 25.6 Å². The van der Waals surface area contributed by atoms with Gasteiger partial charge in [0, 0.05) is 12.0 Å². The first-order valence-electron chi connectivity index (χ1n) is 8.03. The largest absolute Gasteiger partial charge is 0.497 e. The molecule has 0 atom stereocenters. The molecule has 0 aliphatic rings. The zero-order valence-electron chi connectivity index (χ0n) is 15.5. The molecule has 0 fully saturated rings. The van der Waals surface area contributed by atoms with Gasteiger partial charge >= 0.3 is 0 Å². The molecule has 2 aromatic rings. The molecule has 0 unspecified atom stereocenters. The third kappa shape index (κ3) is 6.15. The van der Waals surface area contributed by atoms with Gasteiger partial charge in [-0.1, -0.05) is 32.1 Å². The van der Waals surface area contributed by atoms with Crippen LogP contribution in [0, 0.1) is 5.41 Å². The van der Waals surface area contributed by atoms with Gasteiger partial charge in [0.15, 0.2) is 0 Å². The number of anilines is 1. The van der Waals surface area contributed by atoms with Gasteiger partial charge in [-0.25, -0.2) is 13.1 Å². The molecule has 148 valence electrons. The minimum atomic E-state index is -3.83. The summed E-state index contributed by atoms with van der Waals surface area (Å²) in [5.74, 6) is 1.02. The molecular weight excluding hydrogens is 392 g/mol. The zero-order valence-corrected chi connectivity index (χ0v) is 17.1. The highest BCUT2D eigenvalue weighted by Gasteiger charge is 2.25. The number of nitrogens with one attached hydrogen (secondary N) is 2. The monoisotopic (exact) mass is 414 g/mol. The highest BCUT2D eigenvalue weighted by atomic mass is 32.2. The van der Waals surface area contributed by atoms with E-state index in [0.29, 0.717) is 11.5 Å². The van der Waals surface area contributed by atoms with Gasteiger partial charge < -0.3 is 14.8 Å². The lowest BCUT2D eigenvalue weighted by Crippen LogP contribution is -2.28. The van der Waals surface area contributed by atoms with Crippen molar-refractivity contribution in [3.63, 3.8) is 0 Å². The fourth-order valence-corrected chi connectivity index (χ4v) is 3.68. The fourth-order valence-electron chi connectivity index (χ4n) is 1.73. The fraction of sp³-hybridized carbons (Fsp3) is 0.438. The number of carbonyl (C=O) groups excluding carboxylic acids is 1. The van der Waals surface area contributed by atoms with Crippen molar-refractivity contribution in [1.82, 2.24) is 14.9 Å². The second-order valence-electron chi connectivity index (χ2n) is 6.50. The van der Waals surface area contributed by atoms with Gasteiger partial charge in [0.2, 0.25) is 15.4 Å². The number of hydrogen-bond acceptors (Lipinski definition) is 8. The van der Waals surface area contributed by atoms with Crippen molar-refractivity contribution < 1.29 is 22.7 Å². The van der Waals surface area contributed by atoms with Gasteiger partial charge in [-0.15, -0.1) is 10.2 Å². The Morgan fingerprint density at radius 1 is 1.15 bits per heavy atom. The average molecular weight is 415 g/mol. The van der Waals surface area contributed by atoms with Gasteiger partial charge in [0.05, 0.1) is 7.11 Å². The molecule has 0 spiro atoms. The van der Waals surface area contributed by atoms with E-state index in [4.69, 9.17) is 9.47 Å². The lowest BCUT2D eigenvalue weighted by atomic mass is 9.96. The molecule has 2 rings (SSSR count). The van der Waals surface area contributed by atoms with Crippen molar-refractivity contribution >= 4 is 32.4 Å². The van der Waals surface area contributed by atoms with Crippen LogP contribution in [-0.4, -0.2) is 44.8 Å². The Morgan fingerprint density at radius 2 is 1.78 bits per heavy atom. The summed E-state index contributed by atoms with van der Waals surface area (Å²) in [6, 6.07) is 6.94. The summed E-state index contributed by atoms with van der Waals surface area (Å²) in [5, 5.41) is 10.0. The molecule has 0 aliphatic heterocycles. The lowest BCUT2D eigenvalue weighted by Gasteiger charge is -2.15. The molecule has 1 heterocycles. The van der Waals surface area contributed by atoms with Crippen LogP contribution in [0.1, 0.15) is 20.8 Å². The number of methoxy groups -OCH3 is 1. The van der Waals surface area contributed by atoms with Crippen LogP contribution in [0.25, 0.3) is 0 Å².